The average molecular weight is 776 g/mol. The van der Waals surface area contributed by atoms with Gasteiger partial charge in [-0.05, 0) is 68.8 Å². The average Bonchev–Trinajstić information content (AvgIpc) is 3.83. The van der Waals surface area contributed by atoms with Gasteiger partial charge in [-0.3, -0.25) is 20.1 Å². The van der Waals surface area contributed by atoms with Gasteiger partial charge in [0.15, 0.2) is 5.82 Å². The quantitative estimate of drug-likeness (QED) is 0.130. The van der Waals surface area contributed by atoms with Gasteiger partial charge >= 0.3 is 6.01 Å². The van der Waals surface area contributed by atoms with Crippen molar-refractivity contribution >= 4 is 39.1 Å². The van der Waals surface area contributed by atoms with Gasteiger partial charge in [0.2, 0.25) is 0 Å². The molecule has 4 aliphatic rings. The molecule has 0 aliphatic carbocycles. The van der Waals surface area contributed by atoms with Gasteiger partial charge in [0, 0.05) is 48.8 Å². The summed E-state index contributed by atoms with van der Waals surface area (Å²) < 4.78 is 53.0. The van der Waals surface area contributed by atoms with Gasteiger partial charge in [-0.15, -0.1) is 6.42 Å². The van der Waals surface area contributed by atoms with Crippen molar-refractivity contribution in [3.8, 4) is 35.4 Å². The molecule has 3 aromatic carbocycles. The standard InChI is InChI=1S/C42H38F3N7O3.C2H6/c1-3-30-33(44)11-8-24-15-29(53)16-31(34(24)30)37-35(45)38-32(18-47-37)39(49-41(48-38)55-22-42-12-5-13-51(42)19-26(43)17-42)50-20-27-9-10-28(21-50)52(27)40(54)36(46)25-7-4-6-23(2)14-25;1-2/h1,4,6-8,11,14-16,18,26-28,46,53H,5,9-10,12-13,17,19-22H2,2H3;1-2H3. The second-order valence-corrected chi connectivity index (χ2v) is 15.3. The lowest BCUT2D eigenvalue weighted by Gasteiger charge is -2.42. The van der Waals surface area contributed by atoms with Gasteiger partial charge in [-0.1, -0.05) is 49.6 Å². The van der Waals surface area contributed by atoms with Crippen LogP contribution in [0, 0.1) is 36.3 Å². The number of benzene rings is 3. The van der Waals surface area contributed by atoms with Crippen molar-refractivity contribution in [2.45, 2.75) is 76.7 Å². The van der Waals surface area contributed by atoms with Gasteiger partial charge < -0.3 is 19.6 Å². The summed E-state index contributed by atoms with van der Waals surface area (Å²) in [5, 5.41) is 20.3. The van der Waals surface area contributed by atoms with Gasteiger partial charge in [-0.2, -0.15) is 9.97 Å². The van der Waals surface area contributed by atoms with Crippen LogP contribution in [-0.2, 0) is 4.79 Å². The molecule has 6 heterocycles. The van der Waals surface area contributed by atoms with E-state index in [1.54, 1.807) is 11.0 Å². The molecule has 4 fully saturated rings. The molecule has 5 aromatic rings. The normalized spacial score (nSPS) is 22.6. The van der Waals surface area contributed by atoms with Crippen molar-refractivity contribution < 1.29 is 27.8 Å². The van der Waals surface area contributed by atoms with Crippen molar-refractivity contribution in [2.24, 2.45) is 0 Å². The van der Waals surface area contributed by atoms with E-state index in [0.717, 1.165) is 37.8 Å². The van der Waals surface area contributed by atoms with Gasteiger partial charge in [0.25, 0.3) is 5.91 Å². The van der Waals surface area contributed by atoms with Crippen molar-refractivity contribution in [3.63, 3.8) is 0 Å². The zero-order chi connectivity index (χ0) is 40.2. The molecule has 4 saturated heterocycles. The van der Waals surface area contributed by atoms with E-state index in [0.29, 0.717) is 48.2 Å². The molecule has 2 N–H and O–H groups in total. The Morgan fingerprint density at radius 2 is 1.86 bits per heavy atom. The van der Waals surface area contributed by atoms with Crippen LogP contribution in [0.15, 0.2) is 54.7 Å². The monoisotopic (exact) mass is 775 g/mol. The number of pyridine rings is 1. The summed E-state index contributed by atoms with van der Waals surface area (Å²) in [6.45, 7) is 7.87. The number of aromatic nitrogens is 3. The van der Waals surface area contributed by atoms with Crippen LogP contribution in [0.25, 0.3) is 32.9 Å². The van der Waals surface area contributed by atoms with Crippen molar-refractivity contribution in [3.05, 3.63) is 83.1 Å². The van der Waals surface area contributed by atoms with E-state index >= 15 is 4.39 Å². The van der Waals surface area contributed by atoms with Gasteiger partial charge in [0.05, 0.1) is 28.6 Å². The van der Waals surface area contributed by atoms with Crippen molar-refractivity contribution in [2.75, 3.05) is 37.7 Å². The molecule has 0 saturated carbocycles. The highest BCUT2D eigenvalue weighted by Crippen LogP contribution is 2.42. The topological polar surface area (TPSA) is 119 Å². The summed E-state index contributed by atoms with van der Waals surface area (Å²) in [5.74, 6) is 0.680. The number of carbonyl (C=O) groups excluding carboxylic acids is 1. The zero-order valence-corrected chi connectivity index (χ0v) is 32.2. The summed E-state index contributed by atoms with van der Waals surface area (Å²) in [6, 6.07) is 12.2. The maximum Gasteiger partial charge on any atom is 0.319 e. The van der Waals surface area contributed by atoms with E-state index < -0.39 is 23.3 Å². The van der Waals surface area contributed by atoms with E-state index in [1.807, 2.05) is 43.9 Å². The van der Waals surface area contributed by atoms with E-state index in [1.165, 1.54) is 30.5 Å². The zero-order valence-electron chi connectivity index (χ0n) is 32.2. The minimum absolute atomic E-state index is 0.0638. The molecule has 1 amide bonds. The van der Waals surface area contributed by atoms with Crippen molar-refractivity contribution in [1.29, 1.82) is 5.41 Å². The van der Waals surface area contributed by atoms with E-state index in [9.17, 15) is 18.7 Å². The van der Waals surface area contributed by atoms with Gasteiger partial charge in [-0.25, -0.2) is 13.2 Å². The van der Waals surface area contributed by atoms with Crippen LogP contribution in [-0.4, -0.2) is 98.1 Å². The third-order valence-electron chi connectivity index (χ3n) is 11.9. The number of phenolic OH excluding ortho intramolecular Hbond substituents is 1. The summed E-state index contributed by atoms with van der Waals surface area (Å²) in [5.41, 5.74) is 0.629. The number of ether oxygens (including phenoxy) is 1. The number of nitrogens with one attached hydrogen (secondary N) is 1. The maximum absolute atomic E-state index is 17.1. The molecule has 4 atom stereocenters. The fourth-order valence-corrected chi connectivity index (χ4v) is 9.38. The van der Waals surface area contributed by atoms with E-state index in [4.69, 9.17) is 21.6 Å². The molecule has 0 spiro atoms. The third-order valence-corrected chi connectivity index (χ3v) is 11.9. The number of piperazine rings is 1. The third kappa shape index (κ3) is 6.59. The highest BCUT2D eigenvalue weighted by Gasteiger charge is 2.50. The first-order chi connectivity index (χ1) is 27.5. The molecule has 4 unspecified atom stereocenters. The largest absolute Gasteiger partial charge is 0.508 e. The molecule has 2 aromatic heterocycles. The number of terminal acetylenes is 1. The number of halogens is 3. The number of hydrogen-bond donors (Lipinski definition) is 2. The first-order valence-corrected chi connectivity index (χ1v) is 19.6. The Bertz CT molecular complexity index is 2460. The second-order valence-electron chi connectivity index (χ2n) is 15.3. The first kappa shape index (κ1) is 38.1. The van der Waals surface area contributed by atoms with Crippen LogP contribution in [0.5, 0.6) is 11.8 Å². The smallest absolute Gasteiger partial charge is 0.319 e. The summed E-state index contributed by atoms with van der Waals surface area (Å²) in [7, 11) is 0. The van der Waals surface area contributed by atoms with E-state index in [-0.39, 0.29) is 69.8 Å². The first-order valence-electron chi connectivity index (χ1n) is 19.6. The lowest BCUT2D eigenvalue weighted by molar-refractivity contribution is -0.127. The number of alkyl halides is 1. The Labute approximate surface area is 329 Å². The highest BCUT2D eigenvalue weighted by molar-refractivity contribution is 6.44. The number of aryl methyl sites for hydroxylation is 1. The number of fused-ring (bicyclic) bond motifs is 5. The number of amides is 1. The molecule has 4 aliphatic heterocycles. The number of nitrogens with zero attached hydrogens (tertiary/aromatic N) is 6. The van der Waals surface area contributed by atoms with Crippen LogP contribution in [0.1, 0.15) is 62.6 Å². The molecule has 13 heteroatoms. The summed E-state index contributed by atoms with van der Waals surface area (Å²) >= 11 is 0. The van der Waals surface area contributed by atoms with E-state index in [2.05, 4.69) is 20.8 Å². The van der Waals surface area contributed by atoms with Crippen LogP contribution in [0.2, 0.25) is 0 Å². The molecular weight excluding hydrogens is 732 g/mol. The molecule has 294 valence electrons. The van der Waals surface area contributed by atoms with Crippen molar-refractivity contribution in [1.82, 2.24) is 24.8 Å². The Hall–Kier alpha value is -5.74. The van der Waals surface area contributed by atoms with Crippen LogP contribution < -0.4 is 9.64 Å². The Kier molecular flexibility index (Phi) is 10.0. The maximum atomic E-state index is 17.1. The van der Waals surface area contributed by atoms with Crippen LogP contribution in [0.3, 0.4) is 0 Å². The fraction of sp³-hybridized carbons (Fsp3) is 0.386. The predicted octanol–water partition coefficient (Wildman–Crippen LogP) is 7.35. The highest BCUT2D eigenvalue weighted by atomic mass is 19.1. The SMILES string of the molecule is C#Cc1c(F)ccc2cc(O)cc(-c3ncc4c(N5CC6CCC(C5)N6C(=O)C(=N)c5cccc(C)c5)nc(OCC56CCCN5CC(F)C6)nc4c3F)c12.CC. The number of aromatic hydroxyl groups is 1. The summed E-state index contributed by atoms with van der Waals surface area (Å²) in [4.78, 5) is 33.6. The molecule has 0 radical (unpaired) electrons. The number of phenols is 1. The summed E-state index contributed by atoms with van der Waals surface area (Å²) in [6.07, 6.45) is 9.63. The second kappa shape index (κ2) is 15.0. The minimum atomic E-state index is -0.972. The molecule has 10 nitrogen and oxygen atoms in total. The lowest BCUT2D eigenvalue weighted by Crippen LogP contribution is -2.57. The Balaban J connectivity index is 0.00000224. The molecule has 9 rings (SSSR count). The predicted molar refractivity (Wildman–Crippen MR) is 214 cm³/mol. The number of hydrogen-bond acceptors (Lipinski definition) is 9. The number of anilines is 1. The number of carbonyl (C=O) groups is 1. The Morgan fingerprint density at radius 1 is 1.09 bits per heavy atom. The molecular formula is C44H44F3N7O3. The van der Waals surface area contributed by atoms with Crippen LogP contribution >= 0.6 is 0 Å². The van der Waals surface area contributed by atoms with Crippen LogP contribution in [0.4, 0.5) is 19.0 Å². The van der Waals surface area contributed by atoms with Gasteiger partial charge in [0.1, 0.15) is 47.1 Å². The minimum Gasteiger partial charge on any atom is -0.508 e. The lowest BCUT2D eigenvalue weighted by atomic mass is 9.95. The molecule has 2 bridgehead atoms. The Morgan fingerprint density at radius 3 is 2.60 bits per heavy atom. The molecule has 57 heavy (non-hydrogen) atoms. The number of rotatable bonds is 7. The fourth-order valence-electron chi connectivity index (χ4n) is 9.38.